The summed E-state index contributed by atoms with van der Waals surface area (Å²) in [6.45, 7) is 7.73. The lowest BCUT2D eigenvalue weighted by Gasteiger charge is -2.01. The van der Waals surface area contributed by atoms with E-state index in [4.69, 9.17) is 0 Å². The van der Waals surface area contributed by atoms with Gasteiger partial charge in [-0.2, -0.15) is 0 Å². The molecule has 1 rings (SSSR count). The van der Waals surface area contributed by atoms with Crippen LogP contribution in [0.2, 0.25) is 0 Å². The van der Waals surface area contributed by atoms with E-state index < -0.39 is 4.58 Å². The molecule has 1 fully saturated rings. The molecule has 0 radical (unpaired) electrons. The Bertz CT molecular complexity index is 106. The van der Waals surface area contributed by atoms with Gasteiger partial charge in [0, 0.05) is 10.8 Å². The lowest BCUT2D eigenvalue weighted by Crippen LogP contribution is -1.97. The molecule has 0 nitrogen and oxygen atoms in total. The predicted octanol–water partition coefficient (Wildman–Crippen LogP) is 3.11. The molecule has 1 saturated carbocycles. The van der Waals surface area contributed by atoms with Crippen LogP contribution in [0, 0.1) is 10.8 Å². The van der Waals surface area contributed by atoms with Crippen LogP contribution in [0.4, 0.5) is 4.39 Å². The van der Waals surface area contributed by atoms with Gasteiger partial charge in [-0.3, -0.25) is 0 Å². The minimum Gasteiger partial charge on any atom is -0.230 e. The number of halogens is 2. The highest BCUT2D eigenvalue weighted by Gasteiger charge is 2.78. The third-order valence-electron chi connectivity index (χ3n) is 3.07. The van der Waals surface area contributed by atoms with Crippen molar-refractivity contribution in [2.24, 2.45) is 10.8 Å². The summed E-state index contributed by atoms with van der Waals surface area (Å²) in [7, 11) is 0. The van der Waals surface area contributed by atoms with Gasteiger partial charge in [0.1, 0.15) is 0 Å². The molecule has 1 aliphatic rings. The van der Waals surface area contributed by atoms with Gasteiger partial charge < -0.3 is 0 Å². The van der Waals surface area contributed by atoms with E-state index >= 15 is 0 Å². The molecule has 2 heteroatoms. The van der Waals surface area contributed by atoms with Crippen LogP contribution in [-0.2, 0) is 0 Å². The first-order valence-corrected chi connectivity index (χ1v) is 3.92. The first kappa shape index (κ1) is 7.52. The Morgan fingerprint density at radius 2 is 1.11 bits per heavy atom. The van der Waals surface area contributed by atoms with Gasteiger partial charge in [-0.15, -0.1) is 0 Å². The van der Waals surface area contributed by atoms with Crippen LogP contribution in [0.1, 0.15) is 27.7 Å². The first-order chi connectivity index (χ1) is 3.75. The quantitative estimate of drug-likeness (QED) is 0.521. The molecular formula is C7H12BrF. The molecule has 0 atom stereocenters. The summed E-state index contributed by atoms with van der Waals surface area (Å²) in [6, 6.07) is 0. The predicted molar refractivity (Wildman–Crippen MR) is 40.3 cm³/mol. The van der Waals surface area contributed by atoms with Crippen LogP contribution in [0.5, 0.6) is 0 Å². The Balaban J connectivity index is 2.91. The molecule has 0 heterocycles. The maximum Gasteiger partial charge on any atom is 0.176 e. The summed E-state index contributed by atoms with van der Waals surface area (Å²) in [6.07, 6.45) is 0. The van der Waals surface area contributed by atoms with Gasteiger partial charge in [0.25, 0.3) is 0 Å². The molecule has 9 heavy (non-hydrogen) atoms. The van der Waals surface area contributed by atoms with E-state index in [1.807, 2.05) is 27.7 Å². The van der Waals surface area contributed by atoms with E-state index in [2.05, 4.69) is 15.9 Å². The smallest absolute Gasteiger partial charge is 0.176 e. The zero-order valence-electron chi connectivity index (χ0n) is 6.26. The van der Waals surface area contributed by atoms with Crippen molar-refractivity contribution in [1.29, 1.82) is 0 Å². The highest BCUT2D eigenvalue weighted by molar-refractivity contribution is 9.10. The van der Waals surface area contributed by atoms with E-state index in [1.165, 1.54) is 0 Å². The second-order valence-electron chi connectivity index (χ2n) is 3.82. The Morgan fingerprint density at radius 3 is 1.11 bits per heavy atom. The van der Waals surface area contributed by atoms with Crippen molar-refractivity contribution in [3.63, 3.8) is 0 Å². The van der Waals surface area contributed by atoms with Crippen molar-refractivity contribution >= 4 is 15.9 Å². The first-order valence-electron chi connectivity index (χ1n) is 3.13. The summed E-state index contributed by atoms with van der Waals surface area (Å²) >= 11 is 3.06. The Kier molecular flexibility index (Phi) is 1.14. The largest absolute Gasteiger partial charge is 0.230 e. The van der Waals surface area contributed by atoms with Gasteiger partial charge in [0.15, 0.2) is 4.58 Å². The molecule has 0 amide bonds. The normalized spacial score (nSPS) is 34.0. The fraction of sp³-hybridized carbons (Fsp3) is 1.00. The topological polar surface area (TPSA) is 0 Å². The van der Waals surface area contributed by atoms with Gasteiger partial charge in [-0.05, 0) is 15.9 Å². The van der Waals surface area contributed by atoms with Crippen molar-refractivity contribution in [2.75, 3.05) is 0 Å². The van der Waals surface area contributed by atoms with E-state index in [-0.39, 0.29) is 10.8 Å². The number of hydrogen-bond acceptors (Lipinski definition) is 0. The lowest BCUT2D eigenvalue weighted by atomic mass is 10.0. The van der Waals surface area contributed by atoms with Crippen molar-refractivity contribution in [3.8, 4) is 0 Å². The Hall–Kier alpha value is 0.410. The van der Waals surface area contributed by atoms with Gasteiger partial charge in [-0.25, -0.2) is 4.39 Å². The third-order valence-corrected chi connectivity index (χ3v) is 5.05. The second kappa shape index (κ2) is 1.36. The Morgan fingerprint density at radius 1 is 1.00 bits per heavy atom. The van der Waals surface area contributed by atoms with Gasteiger partial charge >= 0.3 is 0 Å². The minimum absolute atomic E-state index is 0.208. The van der Waals surface area contributed by atoms with Crippen LogP contribution in [0.3, 0.4) is 0 Å². The van der Waals surface area contributed by atoms with Crippen molar-refractivity contribution in [3.05, 3.63) is 0 Å². The second-order valence-corrected chi connectivity index (χ2v) is 4.92. The highest BCUT2D eigenvalue weighted by atomic mass is 79.9. The molecule has 0 N–H and O–H groups in total. The van der Waals surface area contributed by atoms with Crippen molar-refractivity contribution in [1.82, 2.24) is 0 Å². The highest BCUT2D eigenvalue weighted by Crippen LogP contribution is 2.76. The fourth-order valence-electron chi connectivity index (χ4n) is 1.18. The van der Waals surface area contributed by atoms with Gasteiger partial charge in [0.2, 0.25) is 0 Å². The van der Waals surface area contributed by atoms with Crippen LogP contribution in [-0.4, -0.2) is 4.58 Å². The SMILES string of the molecule is CC1(C)C(C)(C)C1(F)Br. The summed E-state index contributed by atoms with van der Waals surface area (Å²) in [5, 5.41) is 0. The molecular weight excluding hydrogens is 183 g/mol. The summed E-state index contributed by atoms with van der Waals surface area (Å²) in [4.78, 5) is 0. The molecule has 1 aliphatic carbocycles. The molecule has 54 valence electrons. The van der Waals surface area contributed by atoms with Gasteiger partial charge in [0.05, 0.1) is 0 Å². The summed E-state index contributed by atoms with van der Waals surface area (Å²) in [5.74, 6) is 0. The van der Waals surface area contributed by atoms with Gasteiger partial charge in [-0.1, -0.05) is 27.7 Å². The minimum atomic E-state index is -1.15. The zero-order chi connectivity index (χ0) is 7.50. The monoisotopic (exact) mass is 194 g/mol. The summed E-state index contributed by atoms with van der Waals surface area (Å²) < 4.78 is 12.1. The van der Waals surface area contributed by atoms with E-state index in [0.29, 0.717) is 0 Å². The zero-order valence-corrected chi connectivity index (χ0v) is 7.84. The van der Waals surface area contributed by atoms with Crippen LogP contribution < -0.4 is 0 Å². The van der Waals surface area contributed by atoms with E-state index in [9.17, 15) is 4.39 Å². The molecule has 0 aromatic heterocycles. The molecule has 0 saturated heterocycles. The van der Waals surface area contributed by atoms with Crippen molar-refractivity contribution < 1.29 is 4.39 Å². The average molecular weight is 195 g/mol. The van der Waals surface area contributed by atoms with Crippen LogP contribution >= 0.6 is 15.9 Å². The standard InChI is InChI=1S/C7H12BrF/c1-5(2)6(3,4)7(5,8)9/h1-4H3. The molecule has 0 aromatic rings. The number of rotatable bonds is 0. The van der Waals surface area contributed by atoms with Crippen molar-refractivity contribution in [2.45, 2.75) is 32.3 Å². The van der Waals surface area contributed by atoms with Crippen LogP contribution in [0.25, 0.3) is 0 Å². The number of hydrogen-bond donors (Lipinski definition) is 0. The number of alkyl halides is 2. The molecule has 0 bridgehead atoms. The molecule has 0 unspecified atom stereocenters. The molecule has 0 aliphatic heterocycles. The molecule has 0 aromatic carbocycles. The third kappa shape index (κ3) is 0.535. The van der Waals surface area contributed by atoms with E-state index in [0.717, 1.165) is 0 Å². The van der Waals surface area contributed by atoms with E-state index in [1.54, 1.807) is 0 Å². The maximum absolute atomic E-state index is 13.3. The lowest BCUT2D eigenvalue weighted by molar-refractivity contribution is 0.356. The fourth-order valence-corrected chi connectivity index (χ4v) is 2.07. The molecule has 0 spiro atoms. The average Bonchev–Trinajstić information content (AvgIpc) is 1.84. The summed E-state index contributed by atoms with van der Waals surface area (Å²) in [5.41, 5.74) is -0.417. The maximum atomic E-state index is 13.3. The Labute approximate surface area is 64.0 Å². The van der Waals surface area contributed by atoms with Crippen LogP contribution in [0.15, 0.2) is 0 Å².